The van der Waals surface area contributed by atoms with Crippen LogP contribution in [0.3, 0.4) is 0 Å². The number of Topliss-reactive ketones (excluding diaryl/α,β-unsaturated/α-hetero) is 1. The Morgan fingerprint density at radius 3 is 2.55 bits per heavy atom. The number of aliphatic hydroxyl groups is 1. The Hall–Kier alpha value is -2.30. The van der Waals surface area contributed by atoms with E-state index in [1.807, 2.05) is 0 Å². The molecule has 0 atom stereocenters. The number of hydrogen-bond donors (Lipinski definition) is 2. The Morgan fingerprint density at radius 2 is 2.05 bits per heavy atom. The molecule has 20 heavy (non-hydrogen) atoms. The number of aliphatic imine (C=N–C) groups is 1. The van der Waals surface area contributed by atoms with Crippen molar-refractivity contribution in [3.63, 3.8) is 0 Å². The molecule has 2 rings (SSSR count). The fraction of sp³-hybridized carbons (Fsp3) is 0.333. The molecule has 0 radical (unpaired) electrons. The largest absolute Gasteiger partial charge is 0.506 e. The third-order valence-electron chi connectivity index (χ3n) is 3.09. The van der Waals surface area contributed by atoms with Crippen LogP contribution in [0.2, 0.25) is 0 Å². The van der Waals surface area contributed by atoms with Gasteiger partial charge < -0.3 is 15.2 Å². The zero-order valence-electron chi connectivity index (χ0n) is 11.6. The van der Waals surface area contributed by atoms with Gasteiger partial charge in [0.15, 0.2) is 5.78 Å². The molecule has 0 amide bonds. The van der Waals surface area contributed by atoms with Crippen molar-refractivity contribution in [3.8, 4) is 5.75 Å². The molecule has 5 nitrogen and oxygen atoms in total. The van der Waals surface area contributed by atoms with Crippen molar-refractivity contribution in [1.82, 2.24) is 5.32 Å². The molecular weight excluding hydrogens is 256 g/mol. The molecule has 1 aromatic rings. The first-order chi connectivity index (χ1) is 9.63. The number of hydrogen-bond acceptors (Lipinski definition) is 5. The van der Waals surface area contributed by atoms with Gasteiger partial charge >= 0.3 is 0 Å². The third-order valence-corrected chi connectivity index (χ3v) is 3.09. The van der Waals surface area contributed by atoms with Crippen LogP contribution in [-0.4, -0.2) is 36.9 Å². The van der Waals surface area contributed by atoms with Gasteiger partial charge in [0, 0.05) is 18.7 Å². The SMILES string of the molecule is COc1ccc(/C(O)=C(\C(C)=O)C2=NCCCN2)cc1. The maximum Gasteiger partial charge on any atom is 0.167 e. The van der Waals surface area contributed by atoms with Crippen molar-refractivity contribution in [3.05, 3.63) is 35.4 Å². The highest BCUT2D eigenvalue weighted by Gasteiger charge is 2.20. The van der Waals surface area contributed by atoms with Gasteiger partial charge in [0.2, 0.25) is 0 Å². The van der Waals surface area contributed by atoms with E-state index in [0.717, 1.165) is 13.0 Å². The van der Waals surface area contributed by atoms with Crippen LogP contribution in [0.25, 0.3) is 5.76 Å². The Kier molecular flexibility index (Phi) is 4.40. The number of rotatable bonds is 4. The number of benzene rings is 1. The van der Waals surface area contributed by atoms with Crippen molar-refractivity contribution < 1.29 is 14.6 Å². The fourth-order valence-electron chi connectivity index (χ4n) is 2.04. The highest BCUT2D eigenvalue weighted by molar-refractivity contribution is 6.25. The zero-order valence-corrected chi connectivity index (χ0v) is 11.6. The molecule has 1 aromatic carbocycles. The summed E-state index contributed by atoms with van der Waals surface area (Å²) >= 11 is 0. The average Bonchev–Trinajstić information content (AvgIpc) is 2.48. The maximum atomic E-state index is 11.8. The topological polar surface area (TPSA) is 70.9 Å². The van der Waals surface area contributed by atoms with E-state index < -0.39 is 0 Å². The predicted octanol–water partition coefficient (Wildman–Crippen LogP) is 1.95. The summed E-state index contributed by atoms with van der Waals surface area (Å²) < 4.78 is 5.07. The number of nitrogens with zero attached hydrogens (tertiary/aromatic N) is 1. The van der Waals surface area contributed by atoms with Crippen LogP contribution in [0.5, 0.6) is 5.75 Å². The highest BCUT2D eigenvalue weighted by Crippen LogP contribution is 2.21. The zero-order chi connectivity index (χ0) is 14.5. The number of nitrogens with one attached hydrogen (secondary N) is 1. The monoisotopic (exact) mass is 274 g/mol. The summed E-state index contributed by atoms with van der Waals surface area (Å²) in [7, 11) is 1.58. The van der Waals surface area contributed by atoms with Gasteiger partial charge in [0.1, 0.15) is 22.9 Å². The molecule has 0 aromatic heterocycles. The molecule has 1 aliphatic heterocycles. The van der Waals surface area contributed by atoms with E-state index in [4.69, 9.17) is 4.74 Å². The van der Waals surface area contributed by atoms with Crippen LogP contribution in [0, 0.1) is 0 Å². The lowest BCUT2D eigenvalue weighted by molar-refractivity contribution is -0.113. The fourth-order valence-corrected chi connectivity index (χ4v) is 2.04. The number of ketones is 1. The minimum Gasteiger partial charge on any atom is -0.506 e. The van der Waals surface area contributed by atoms with Gasteiger partial charge in [-0.05, 0) is 37.6 Å². The summed E-state index contributed by atoms with van der Waals surface area (Å²) in [6, 6.07) is 6.89. The number of carbonyl (C=O) groups excluding carboxylic acids is 1. The number of amidine groups is 1. The summed E-state index contributed by atoms with van der Waals surface area (Å²) in [5.74, 6) is 0.885. The molecule has 1 aliphatic rings. The number of methoxy groups -OCH3 is 1. The first kappa shape index (κ1) is 14.1. The molecule has 5 heteroatoms. The maximum absolute atomic E-state index is 11.8. The average molecular weight is 274 g/mol. The first-order valence-electron chi connectivity index (χ1n) is 6.50. The van der Waals surface area contributed by atoms with Crippen molar-refractivity contribution in [1.29, 1.82) is 0 Å². The van der Waals surface area contributed by atoms with Crippen LogP contribution in [0.4, 0.5) is 0 Å². The lowest BCUT2D eigenvalue weighted by atomic mass is 10.0. The molecule has 106 valence electrons. The molecular formula is C15H18N2O3. The molecule has 2 N–H and O–H groups in total. The minimum absolute atomic E-state index is 0.0618. The molecule has 1 heterocycles. The minimum atomic E-state index is -0.216. The second-order valence-corrected chi connectivity index (χ2v) is 4.52. The molecule has 0 saturated carbocycles. The van der Waals surface area contributed by atoms with Gasteiger partial charge in [0.05, 0.1) is 7.11 Å². The van der Waals surface area contributed by atoms with E-state index in [9.17, 15) is 9.90 Å². The van der Waals surface area contributed by atoms with Crippen LogP contribution in [-0.2, 0) is 4.79 Å². The number of ether oxygens (including phenoxy) is 1. The van der Waals surface area contributed by atoms with Crippen LogP contribution < -0.4 is 10.1 Å². The Morgan fingerprint density at radius 1 is 1.35 bits per heavy atom. The van der Waals surface area contributed by atoms with E-state index in [1.165, 1.54) is 6.92 Å². The number of aliphatic hydroxyl groups excluding tert-OH is 1. The van der Waals surface area contributed by atoms with Crippen LogP contribution in [0.15, 0.2) is 34.8 Å². The highest BCUT2D eigenvalue weighted by atomic mass is 16.5. The second kappa shape index (κ2) is 6.23. The summed E-state index contributed by atoms with van der Waals surface area (Å²) in [6.07, 6.45) is 0.929. The smallest absolute Gasteiger partial charge is 0.167 e. The lowest BCUT2D eigenvalue weighted by Gasteiger charge is -2.17. The molecule has 0 fully saturated rings. The third kappa shape index (κ3) is 2.99. The van der Waals surface area contributed by atoms with E-state index >= 15 is 0 Å². The lowest BCUT2D eigenvalue weighted by Crippen LogP contribution is -2.33. The summed E-state index contributed by atoms with van der Waals surface area (Å²) in [6.45, 7) is 2.84. The Bertz CT molecular complexity index is 559. The van der Waals surface area contributed by atoms with Crippen molar-refractivity contribution in [2.45, 2.75) is 13.3 Å². The van der Waals surface area contributed by atoms with Crippen LogP contribution in [0.1, 0.15) is 18.9 Å². The van der Waals surface area contributed by atoms with Gasteiger partial charge in [-0.1, -0.05) is 0 Å². The predicted molar refractivity (Wildman–Crippen MR) is 78.1 cm³/mol. The van der Waals surface area contributed by atoms with E-state index in [0.29, 0.717) is 23.7 Å². The molecule has 0 aliphatic carbocycles. The molecule has 0 saturated heterocycles. The molecule has 0 spiro atoms. The van der Waals surface area contributed by atoms with E-state index in [1.54, 1.807) is 31.4 Å². The van der Waals surface area contributed by atoms with Crippen molar-refractivity contribution in [2.24, 2.45) is 4.99 Å². The summed E-state index contributed by atoms with van der Waals surface area (Å²) in [5.41, 5.74) is 0.793. The second-order valence-electron chi connectivity index (χ2n) is 4.52. The first-order valence-corrected chi connectivity index (χ1v) is 6.50. The van der Waals surface area contributed by atoms with Gasteiger partial charge in [-0.15, -0.1) is 0 Å². The van der Waals surface area contributed by atoms with E-state index in [2.05, 4.69) is 10.3 Å². The summed E-state index contributed by atoms with van der Waals surface area (Å²) in [4.78, 5) is 16.1. The van der Waals surface area contributed by atoms with Gasteiger partial charge in [0.25, 0.3) is 0 Å². The normalized spacial score (nSPS) is 15.8. The summed E-state index contributed by atoms with van der Waals surface area (Å²) in [5, 5.41) is 13.4. The molecule has 0 unspecified atom stereocenters. The quantitative estimate of drug-likeness (QED) is 0.650. The van der Waals surface area contributed by atoms with Gasteiger partial charge in [-0.25, -0.2) is 0 Å². The van der Waals surface area contributed by atoms with Crippen LogP contribution >= 0.6 is 0 Å². The van der Waals surface area contributed by atoms with E-state index in [-0.39, 0.29) is 17.1 Å². The number of carbonyl (C=O) groups is 1. The van der Waals surface area contributed by atoms with Gasteiger partial charge in [-0.3, -0.25) is 9.79 Å². The molecule has 0 bridgehead atoms. The van der Waals surface area contributed by atoms with Crippen molar-refractivity contribution in [2.75, 3.05) is 20.2 Å². The Labute approximate surface area is 118 Å². The Balaban J connectivity index is 2.42. The standard InChI is InChI=1S/C15H18N2O3/c1-10(18)13(15-16-8-3-9-17-15)14(19)11-4-6-12(20-2)7-5-11/h4-7,19H,3,8-9H2,1-2H3,(H,16,17)/b14-13-. The van der Waals surface area contributed by atoms with Gasteiger partial charge in [-0.2, -0.15) is 0 Å². The van der Waals surface area contributed by atoms with Crippen molar-refractivity contribution >= 4 is 17.4 Å².